The van der Waals surface area contributed by atoms with Gasteiger partial charge in [-0.25, -0.2) is 4.98 Å². The van der Waals surface area contributed by atoms with Crippen LogP contribution in [0.5, 0.6) is 0 Å². The number of likely N-dealkylation sites (tertiary alicyclic amines) is 1. The number of carbonyl (C=O) groups is 1. The van der Waals surface area contributed by atoms with Crippen LogP contribution in [0.15, 0.2) is 41.8 Å². The van der Waals surface area contributed by atoms with Crippen LogP contribution in [-0.2, 0) is 11.3 Å². The Hall–Kier alpha value is -2.14. The van der Waals surface area contributed by atoms with Gasteiger partial charge >= 0.3 is 0 Å². The summed E-state index contributed by atoms with van der Waals surface area (Å²) in [6.45, 7) is 1.46. The lowest BCUT2D eigenvalue weighted by Gasteiger charge is -2.14. The first-order valence-corrected chi connectivity index (χ1v) is 7.92. The zero-order chi connectivity index (χ0) is 14.2. The highest BCUT2D eigenvalue weighted by molar-refractivity contribution is 7.09. The fourth-order valence-electron chi connectivity index (χ4n) is 2.86. The first kappa shape index (κ1) is 12.6. The Bertz CT molecular complexity index is 745. The quantitative estimate of drug-likeness (QED) is 0.807. The molecule has 21 heavy (non-hydrogen) atoms. The molecule has 0 bridgehead atoms. The number of aromatic nitrogens is 2. The Morgan fingerprint density at radius 1 is 1.29 bits per heavy atom. The largest absolute Gasteiger partial charge is 0.342 e. The van der Waals surface area contributed by atoms with Crippen molar-refractivity contribution in [3.05, 3.63) is 52.5 Å². The molecule has 0 saturated carbocycles. The third kappa shape index (κ3) is 2.34. The molecule has 4 rings (SSSR count). The first-order chi connectivity index (χ1) is 10.3. The third-order valence-electron chi connectivity index (χ3n) is 3.94. The molecule has 1 fully saturated rings. The van der Waals surface area contributed by atoms with Crippen molar-refractivity contribution in [1.82, 2.24) is 14.9 Å². The van der Waals surface area contributed by atoms with Crippen molar-refractivity contribution < 1.29 is 4.79 Å². The second kappa shape index (κ2) is 5.00. The monoisotopic (exact) mass is 297 g/mol. The molecule has 0 aliphatic carbocycles. The van der Waals surface area contributed by atoms with Crippen LogP contribution < -0.4 is 0 Å². The van der Waals surface area contributed by atoms with Gasteiger partial charge < -0.3 is 9.88 Å². The van der Waals surface area contributed by atoms with Crippen molar-refractivity contribution in [3.8, 4) is 0 Å². The summed E-state index contributed by atoms with van der Waals surface area (Å²) in [6, 6.07) is 12.1. The lowest BCUT2D eigenvalue weighted by Crippen LogP contribution is -2.23. The highest BCUT2D eigenvalue weighted by Gasteiger charge is 2.32. The number of amides is 1. The number of aromatic amines is 1. The number of benzene rings is 1. The summed E-state index contributed by atoms with van der Waals surface area (Å²) in [5.74, 6) is 1.32. The van der Waals surface area contributed by atoms with Gasteiger partial charge in [0.1, 0.15) is 5.82 Å². The maximum atomic E-state index is 12.2. The van der Waals surface area contributed by atoms with Crippen molar-refractivity contribution in [2.24, 2.45) is 0 Å². The number of imidazole rings is 1. The topological polar surface area (TPSA) is 49.0 Å². The van der Waals surface area contributed by atoms with E-state index in [4.69, 9.17) is 0 Å². The van der Waals surface area contributed by atoms with Gasteiger partial charge in [0, 0.05) is 23.8 Å². The Morgan fingerprint density at radius 3 is 3.00 bits per heavy atom. The zero-order valence-electron chi connectivity index (χ0n) is 11.5. The molecule has 0 radical (unpaired) electrons. The number of hydrogen-bond donors (Lipinski definition) is 1. The number of nitrogens with one attached hydrogen (secondary N) is 1. The molecular formula is C16H15N3OS. The van der Waals surface area contributed by atoms with Gasteiger partial charge in [-0.2, -0.15) is 0 Å². The van der Waals surface area contributed by atoms with Crippen LogP contribution in [0, 0.1) is 0 Å². The first-order valence-electron chi connectivity index (χ1n) is 7.04. The van der Waals surface area contributed by atoms with Crippen LogP contribution in [0.2, 0.25) is 0 Å². The minimum absolute atomic E-state index is 0.171. The Kier molecular flexibility index (Phi) is 3.00. The van der Waals surface area contributed by atoms with Gasteiger partial charge in [-0.05, 0) is 23.6 Å². The highest BCUT2D eigenvalue weighted by Crippen LogP contribution is 2.29. The smallest absolute Gasteiger partial charge is 0.223 e. The summed E-state index contributed by atoms with van der Waals surface area (Å²) < 4.78 is 0. The summed E-state index contributed by atoms with van der Waals surface area (Å²) in [7, 11) is 0. The van der Waals surface area contributed by atoms with Gasteiger partial charge in [0.2, 0.25) is 5.91 Å². The molecule has 5 heteroatoms. The van der Waals surface area contributed by atoms with E-state index in [2.05, 4.69) is 16.0 Å². The molecule has 1 atom stereocenters. The van der Waals surface area contributed by atoms with E-state index in [0.717, 1.165) is 23.4 Å². The lowest BCUT2D eigenvalue weighted by molar-refractivity contribution is -0.128. The van der Waals surface area contributed by atoms with Crippen LogP contribution in [0.25, 0.3) is 11.0 Å². The number of nitrogens with zero attached hydrogens (tertiary/aromatic N) is 2. The SMILES string of the molecule is O=C1C[C@@H](c2nc3ccccc3[nH]2)CN1Cc1cccs1. The van der Waals surface area contributed by atoms with Crippen molar-refractivity contribution in [2.45, 2.75) is 18.9 Å². The van der Waals surface area contributed by atoms with Crippen molar-refractivity contribution in [1.29, 1.82) is 0 Å². The highest BCUT2D eigenvalue weighted by atomic mass is 32.1. The van der Waals surface area contributed by atoms with E-state index in [-0.39, 0.29) is 11.8 Å². The number of fused-ring (bicyclic) bond motifs is 1. The molecule has 3 heterocycles. The average molecular weight is 297 g/mol. The van der Waals surface area contributed by atoms with Gasteiger partial charge in [-0.3, -0.25) is 4.79 Å². The van der Waals surface area contributed by atoms with E-state index in [0.29, 0.717) is 13.0 Å². The summed E-state index contributed by atoms with van der Waals surface area (Å²) in [5, 5.41) is 2.05. The lowest BCUT2D eigenvalue weighted by atomic mass is 10.1. The number of rotatable bonds is 3. The number of carbonyl (C=O) groups excluding carboxylic acids is 1. The van der Waals surface area contributed by atoms with Crippen LogP contribution in [0.1, 0.15) is 23.0 Å². The number of thiophene rings is 1. The summed E-state index contributed by atoms with van der Waals surface area (Å²) in [6.07, 6.45) is 0.547. The molecule has 1 amide bonds. The summed E-state index contributed by atoms with van der Waals surface area (Å²) in [5.41, 5.74) is 2.01. The minimum Gasteiger partial charge on any atom is -0.342 e. The van der Waals surface area contributed by atoms with Crippen LogP contribution in [0.3, 0.4) is 0 Å². The van der Waals surface area contributed by atoms with Gasteiger partial charge in [-0.15, -0.1) is 11.3 Å². The fraction of sp³-hybridized carbons (Fsp3) is 0.250. The second-order valence-corrected chi connectivity index (χ2v) is 6.43. The molecular weight excluding hydrogens is 282 g/mol. The van der Waals surface area contributed by atoms with E-state index in [1.54, 1.807) is 11.3 Å². The Labute approximate surface area is 126 Å². The Balaban J connectivity index is 1.55. The molecule has 106 valence electrons. The molecule has 3 aromatic rings. The van der Waals surface area contributed by atoms with Gasteiger partial charge in [0.15, 0.2) is 0 Å². The molecule has 4 nitrogen and oxygen atoms in total. The van der Waals surface area contributed by atoms with Crippen molar-refractivity contribution in [3.63, 3.8) is 0 Å². The van der Waals surface area contributed by atoms with Gasteiger partial charge in [0.05, 0.1) is 17.6 Å². The van der Waals surface area contributed by atoms with E-state index >= 15 is 0 Å². The predicted octanol–water partition coefficient (Wildman–Crippen LogP) is 3.14. The van der Waals surface area contributed by atoms with E-state index in [1.165, 1.54) is 4.88 Å². The number of para-hydroxylation sites is 2. The molecule has 1 N–H and O–H groups in total. The van der Waals surface area contributed by atoms with E-state index in [9.17, 15) is 4.79 Å². The molecule has 0 unspecified atom stereocenters. The molecule has 1 aliphatic rings. The van der Waals surface area contributed by atoms with E-state index in [1.807, 2.05) is 40.6 Å². The summed E-state index contributed by atoms with van der Waals surface area (Å²) in [4.78, 5) is 23.3. The van der Waals surface area contributed by atoms with Crippen molar-refractivity contribution >= 4 is 28.3 Å². The molecule has 0 spiro atoms. The Morgan fingerprint density at radius 2 is 2.19 bits per heavy atom. The van der Waals surface area contributed by atoms with E-state index < -0.39 is 0 Å². The summed E-state index contributed by atoms with van der Waals surface area (Å²) >= 11 is 1.70. The zero-order valence-corrected chi connectivity index (χ0v) is 12.3. The molecule has 1 aromatic carbocycles. The van der Waals surface area contributed by atoms with Crippen LogP contribution >= 0.6 is 11.3 Å². The molecule has 1 saturated heterocycles. The minimum atomic E-state index is 0.171. The second-order valence-electron chi connectivity index (χ2n) is 5.39. The van der Waals surface area contributed by atoms with Crippen molar-refractivity contribution in [2.75, 3.05) is 6.54 Å². The molecule has 2 aromatic heterocycles. The number of H-pyrrole nitrogens is 1. The maximum absolute atomic E-state index is 12.2. The average Bonchev–Trinajstić information content (AvgIpc) is 3.19. The van der Waals surface area contributed by atoms with Gasteiger partial charge in [-0.1, -0.05) is 18.2 Å². The fourth-order valence-corrected chi connectivity index (χ4v) is 3.58. The standard InChI is InChI=1S/C16H15N3OS/c20-15-8-11(9-19(15)10-12-4-3-7-21-12)16-17-13-5-1-2-6-14(13)18-16/h1-7,11H,8-10H2,(H,17,18)/t11-/m1/s1. The normalized spacial score (nSPS) is 18.8. The van der Waals surface area contributed by atoms with Crippen LogP contribution in [-0.4, -0.2) is 27.3 Å². The van der Waals surface area contributed by atoms with Crippen LogP contribution in [0.4, 0.5) is 0 Å². The van der Waals surface area contributed by atoms with Gasteiger partial charge in [0.25, 0.3) is 0 Å². The molecule has 1 aliphatic heterocycles. The maximum Gasteiger partial charge on any atom is 0.223 e. The third-order valence-corrected chi connectivity index (χ3v) is 4.80. The predicted molar refractivity (Wildman–Crippen MR) is 83.2 cm³/mol. The number of hydrogen-bond acceptors (Lipinski definition) is 3.